The van der Waals surface area contributed by atoms with Gasteiger partial charge in [0, 0.05) is 4.47 Å². The highest BCUT2D eigenvalue weighted by Crippen LogP contribution is 2.28. The molecular formula is C18H14BrNO4. The molecule has 5 nitrogen and oxygen atoms in total. The van der Waals surface area contributed by atoms with Gasteiger partial charge in [0.25, 0.3) is 0 Å². The fourth-order valence-electron chi connectivity index (χ4n) is 2.23. The summed E-state index contributed by atoms with van der Waals surface area (Å²) < 4.78 is 16.5. The predicted octanol–water partition coefficient (Wildman–Crippen LogP) is 3.81. The highest BCUT2D eigenvalue weighted by molar-refractivity contribution is 9.10. The van der Waals surface area contributed by atoms with E-state index in [9.17, 15) is 4.79 Å². The zero-order valence-electron chi connectivity index (χ0n) is 13.1. The van der Waals surface area contributed by atoms with Crippen molar-refractivity contribution in [3.8, 4) is 11.5 Å². The molecule has 3 rings (SSSR count). The molecule has 1 aliphatic rings. The molecule has 2 aromatic rings. The van der Waals surface area contributed by atoms with Gasteiger partial charge < -0.3 is 14.2 Å². The molecule has 0 unspecified atom stereocenters. The van der Waals surface area contributed by atoms with Crippen LogP contribution in [0.15, 0.2) is 57.6 Å². The standard InChI is InChI=1S/C18H14BrNO4/c1-22-13-6-3-11(4-7-13)9-15-18(21)24-17(20-15)14-10-12(19)5-8-16(14)23-2/h3-10H,1-2H3. The van der Waals surface area contributed by atoms with Crippen molar-refractivity contribution in [2.45, 2.75) is 0 Å². The van der Waals surface area contributed by atoms with Crippen molar-refractivity contribution < 1.29 is 19.0 Å². The number of ether oxygens (including phenoxy) is 3. The van der Waals surface area contributed by atoms with E-state index in [0.29, 0.717) is 11.3 Å². The average molecular weight is 388 g/mol. The normalized spacial score (nSPS) is 15.2. The van der Waals surface area contributed by atoms with Crippen molar-refractivity contribution in [3.63, 3.8) is 0 Å². The number of carbonyl (C=O) groups excluding carboxylic acids is 1. The van der Waals surface area contributed by atoms with Crippen LogP contribution in [0.3, 0.4) is 0 Å². The molecule has 0 spiro atoms. The second kappa shape index (κ2) is 6.88. The number of aliphatic imine (C=N–C) groups is 1. The van der Waals surface area contributed by atoms with E-state index in [2.05, 4.69) is 20.9 Å². The van der Waals surface area contributed by atoms with E-state index >= 15 is 0 Å². The molecule has 0 aromatic heterocycles. The van der Waals surface area contributed by atoms with Crippen molar-refractivity contribution >= 4 is 33.9 Å². The Balaban J connectivity index is 1.95. The van der Waals surface area contributed by atoms with E-state index in [0.717, 1.165) is 15.8 Å². The van der Waals surface area contributed by atoms with E-state index < -0.39 is 5.97 Å². The van der Waals surface area contributed by atoms with Crippen molar-refractivity contribution in [3.05, 3.63) is 63.8 Å². The zero-order valence-corrected chi connectivity index (χ0v) is 14.7. The van der Waals surface area contributed by atoms with E-state index in [-0.39, 0.29) is 11.6 Å². The highest BCUT2D eigenvalue weighted by atomic mass is 79.9. The minimum atomic E-state index is -0.497. The third kappa shape index (κ3) is 3.33. The number of esters is 1. The lowest BCUT2D eigenvalue weighted by Crippen LogP contribution is -2.07. The first kappa shape index (κ1) is 16.3. The second-order valence-electron chi connectivity index (χ2n) is 4.95. The topological polar surface area (TPSA) is 57.1 Å². The maximum absolute atomic E-state index is 12.1. The summed E-state index contributed by atoms with van der Waals surface area (Å²) in [5.41, 5.74) is 1.67. The molecule has 0 aliphatic carbocycles. The molecule has 0 saturated carbocycles. The maximum Gasteiger partial charge on any atom is 0.363 e. The van der Waals surface area contributed by atoms with Crippen LogP contribution in [0.1, 0.15) is 11.1 Å². The quantitative estimate of drug-likeness (QED) is 0.591. The smallest absolute Gasteiger partial charge is 0.363 e. The molecule has 0 atom stereocenters. The largest absolute Gasteiger partial charge is 0.497 e. The summed E-state index contributed by atoms with van der Waals surface area (Å²) in [5, 5.41) is 0. The molecule has 6 heteroatoms. The van der Waals surface area contributed by atoms with Crippen LogP contribution in [-0.2, 0) is 9.53 Å². The second-order valence-corrected chi connectivity index (χ2v) is 5.87. The van der Waals surface area contributed by atoms with E-state index in [1.54, 1.807) is 32.4 Å². The predicted molar refractivity (Wildman–Crippen MR) is 94.3 cm³/mol. The number of cyclic esters (lactones) is 1. The number of hydrogen-bond donors (Lipinski definition) is 0. The third-order valence-electron chi connectivity index (χ3n) is 3.43. The van der Waals surface area contributed by atoms with Gasteiger partial charge in [-0.15, -0.1) is 0 Å². The van der Waals surface area contributed by atoms with E-state index in [1.807, 2.05) is 30.3 Å². The molecule has 0 saturated heterocycles. The fraction of sp³-hybridized carbons (Fsp3) is 0.111. The first-order valence-corrected chi connectivity index (χ1v) is 7.90. The molecule has 1 heterocycles. The summed E-state index contributed by atoms with van der Waals surface area (Å²) in [5.74, 6) is 1.05. The molecule has 2 aromatic carbocycles. The van der Waals surface area contributed by atoms with Gasteiger partial charge in [-0.25, -0.2) is 9.79 Å². The Morgan fingerprint density at radius 3 is 2.50 bits per heavy atom. The third-order valence-corrected chi connectivity index (χ3v) is 3.92. The SMILES string of the molecule is COc1ccc(C=C2N=C(c3cc(Br)ccc3OC)OC2=O)cc1. The zero-order chi connectivity index (χ0) is 17.1. The number of rotatable bonds is 4. The van der Waals surface area contributed by atoms with Gasteiger partial charge in [-0.3, -0.25) is 0 Å². The molecule has 1 aliphatic heterocycles. The van der Waals surface area contributed by atoms with Crippen LogP contribution in [-0.4, -0.2) is 26.1 Å². The average Bonchev–Trinajstić information content (AvgIpc) is 2.96. The maximum atomic E-state index is 12.1. The Morgan fingerprint density at radius 2 is 1.83 bits per heavy atom. The molecule has 0 fully saturated rings. The van der Waals surface area contributed by atoms with Crippen LogP contribution in [0, 0.1) is 0 Å². The number of nitrogens with zero attached hydrogens (tertiary/aromatic N) is 1. The number of benzene rings is 2. The van der Waals surface area contributed by atoms with Gasteiger partial charge in [0.15, 0.2) is 5.70 Å². The number of hydrogen-bond acceptors (Lipinski definition) is 5. The van der Waals surface area contributed by atoms with Crippen LogP contribution in [0.2, 0.25) is 0 Å². The van der Waals surface area contributed by atoms with Crippen molar-refractivity contribution in [2.24, 2.45) is 4.99 Å². The monoisotopic (exact) mass is 387 g/mol. The first-order chi connectivity index (χ1) is 11.6. The van der Waals surface area contributed by atoms with Crippen molar-refractivity contribution in [1.82, 2.24) is 0 Å². The first-order valence-electron chi connectivity index (χ1n) is 7.11. The lowest BCUT2D eigenvalue weighted by molar-refractivity contribution is -0.129. The summed E-state index contributed by atoms with van der Waals surface area (Å²) in [4.78, 5) is 16.4. The Kier molecular flexibility index (Phi) is 4.66. The van der Waals surface area contributed by atoms with Crippen LogP contribution in [0.25, 0.3) is 6.08 Å². The molecule has 0 bridgehead atoms. The van der Waals surface area contributed by atoms with Crippen molar-refractivity contribution in [1.29, 1.82) is 0 Å². The summed E-state index contributed by atoms with van der Waals surface area (Å²) in [6.45, 7) is 0. The summed E-state index contributed by atoms with van der Waals surface area (Å²) in [7, 11) is 3.15. The van der Waals surface area contributed by atoms with E-state index in [4.69, 9.17) is 14.2 Å². The molecule has 0 radical (unpaired) electrons. The van der Waals surface area contributed by atoms with Crippen LogP contribution >= 0.6 is 15.9 Å². The number of halogens is 1. The van der Waals surface area contributed by atoms with Gasteiger partial charge in [-0.05, 0) is 42.0 Å². The Bertz CT molecular complexity index is 841. The van der Waals surface area contributed by atoms with Crippen LogP contribution in [0.4, 0.5) is 0 Å². The lowest BCUT2D eigenvalue weighted by Gasteiger charge is -2.07. The Labute approximate surface area is 147 Å². The molecular weight excluding hydrogens is 374 g/mol. The fourth-order valence-corrected chi connectivity index (χ4v) is 2.59. The van der Waals surface area contributed by atoms with Gasteiger partial charge >= 0.3 is 5.97 Å². The van der Waals surface area contributed by atoms with Crippen LogP contribution < -0.4 is 9.47 Å². The summed E-state index contributed by atoms with van der Waals surface area (Å²) in [6, 6.07) is 12.7. The Morgan fingerprint density at radius 1 is 1.08 bits per heavy atom. The van der Waals surface area contributed by atoms with Gasteiger partial charge in [0.1, 0.15) is 11.5 Å². The lowest BCUT2D eigenvalue weighted by atomic mass is 10.2. The van der Waals surface area contributed by atoms with Gasteiger partial charge in [0.2, 0.25) is 5.90 Å². The summed E-state index contributed by atoms with van der Waals surface area (Å²) in [6.07, 6.45) is 1.67. The van der Waals surface area contributed by atoms with Gasteiger partial charge in [-0.2, -0.15) is 0 Å². The molecule has 0 N–H and O–H groups in total. The molecule has 122 valence electrons. The minimum absolute atomic E-state index is 0.220. The number of carbonyl (C=O) groups is 1. The summed E-state index contributed by atoms with van der Waals surface area (Å²) >= 11 is 3.39. The van der Waals surface area contributed by atoms with Gasteiger partial charge in [-0.1, -0.05) is 28.1 Å². The Hall–Kier alpha value is -2.60. The molecule has 0 amide bonds. The molecule has 24 heavy (non-hydrogen) atoms. The minimum Gasteiger partial charge on any atom is -0.497 e. The van der Waals surface area contributed by atoms with Crippen molar-refractivity contribution in [2.75, 3.05) is 14.2 Å². The van der Waals surface area contributed by atoms with Gasteiger partial charge in [0.05, 0.1) is 19.8 Å². The van der Waals surface area contributed by atoms with Crippen LogP contribution in [0.5, 0.6) is 11.5 Å². The highest BCUT2D eigenvalue weighted by Gasteiger charge is 2.26. The van der Waals surface area contributed by atoms with E-state index in [1.165, 1.54) is 0 Å². The number of methoxy groups -OCH3 is 2.